The maximum absolute atomic E-state index is 12.3. The second-order valence-electron chi connectivity index (χ2n) is 5.17. The second-order valence-corrected chi connectivity index (χ2v) is 5.17. The Hall–Kier alpha value is -3.09. The fraction of sp³-hybridized carbons (Fsp3) is 0.188. The summed E-state index contributed by atoms with van der Waals surface area (Å²) in [6.45, 7) is 0.997. The predicted molar refractivity (Wildman–Crippen MR) is 78.8 cm³/mol. The molecule has 0 atom stereocenters. The number of nitrogens with zero attached hydrogens (tertiary/aromatic N) is 3. The van der Waals surface area contributed by atoms with Gasteiger partial charge in [-0.05, 0) is 18.2 Å². The van der Waals surface area contributed by atoms with Gasteiger partial charge < -0.3 is 18.6 Å². The summed E-state index contributed by atoms with van der Waals surface area (Å²) in [5.74, 6) is 1.34. The van der Waals surface area contributed by atoms with Gasteiger partial charge in [-0.3, -0.25) is 4.79 Å². The molecule has 0 saturated carbocycles. The van der Waals surface area contributed by atoms with Crippen LogP contribution in [0, 0.1) is 0 Å². The van der Waals surface area contributed by atoms with Crippen LogP contribution in [0.3, 0.4) is 0 Å². The zero-order valence-corrected chi connectivity index (χ0v) is 12.1. The lowest BCUT2D eigenvalue weighted by atomic mass is 10.1. The first-order chi connectivity index (χ1) is 11.3. The van der Waals surface area contributed by atoms with Crippen LogP contribution in [0.5, 0.6) is 5.88 Å². The van der Waals surface area contributed by atoms with Crippen LogP contribution in [-0.4, -0.2) is 40.1 Å². The third kappa shape index (κ3) is 2.68. The van der Waals surface area contributed by atoms with E-state index in [9.17, 15) is 4.79 Å². The molecule has 0 spiro atoms. The molecule has 0 bridgehead atoms. The molecule has 3 aromatic rings. The minimum Gasteiger partial charge on any atom is -0.471 e. The monoisotopic (exact) mass is 311 g/mol. The fourth-order valence-corrected chi connectivity index (χ4v) is 2.34. The van der Waals surface area contributed by atoms with Gasteiger partial charge >= 0.3 is 0 Å². The molecule has 1 aliphatic rings. The molecule has 1 aliphatic heterocycles. The van der Waals surface area contributed by atoms with E-state index in [0.29, 0.717) is 30.5 Å². The summed E-state index contributed by atoms with van der Waals surface area (Å²) in [7, 11) is 0. The number of pyridine rings is 1. The lowest BCUT2D eigenvalue weighted by Gasteiger charge is -2.38. The molecule has 0 aromatic carbocycles. The van der Waals surface area contributed by atoms with Crippen LogP contribution in [-0.2, 0) is 0 Å². The largest absolute Gasteiger partial charge is 0.471 e. The average Bonchev–Trinajstić information content (AvgIpc) is 3.21. The Kier molecular flexibility index (Phi) is 3.30. The average molecular weight is 311 g/mol. The van der Waals surface area contributed by atoms with Crippen molar-refractivity contribution in [2.24, 2.45) is 0 Å². The second kappa shape index (κ2) is 5.60. The predicted octanol–water partition coefficient (Wildman–Crippen LogP) is 2.23. The van der Waals surface area contributed by atoms with Crippen LogP contribution in [0.1, 0.15) is 10.5 Å². The molecule has 116 valence electrons. The topological polar surface area (TPSA) is 81.6 Å². The quantitative estimate of drug-likeness (QED) is 0.735. The molecular formula is C16H13N3O4. The molecule has 0 aliphatic carbocycles. The lowest BCUT2D eigenvalue weighted by Crippen LogP contribution is -2.56. The highest BCUT2D eigenvalue weighted by Gasteiger charge is 2.34. The van der Waals surface area contributed by atoms with Gasteiger partial charge in [0.25, 0.3) is 5.91 Å². The number of hydrogen-bond acceptors (Lipinski definition) is 6. The molecule has 0 radical (unpaired) electrons. The van der Waals surface area contributed by atoms with Gasteiger partial charge in [-0.15, -0.1) is 0 Å². The van der Waals surface area contributed by atoms with Crippen molar-refractivity contribution in [3.8, 4) is 17.4 Å². The van der Waals surface area contributed by atoms with Crippen molar-refractivity contribution in [3.05, 3.63) is 54.6 Å². The Morgan fingerprint density at radius 3 is 2.87 bits per heavy atom. The van der Waals surface area contributed by atoms with Crippen molar-refractivity contribution in [2.45, 2.75) is 6.10 Å². The summed E-state index contributed by atoms with van der Waals surface area (Å²) in [4.78, 5) is 18.1. The lowest BCUT2D eigenvalue weighted by molar-refractivity contribution is 0.0153. The molecule has 3 aromatic heterocycles. The Morgan fingerprint density at radius 2 is 2.13 bits per heavy atom. The van der Waals surface area contributed by atoms with E-state index in [1.807, 2.05) is 12.1 Å². The SMILES string of the molecule is O=C(c1cc(-c2ccco2)on1)N1CC(Oc2ccccn2)C1. The van der Waals surface area contributed by atoms with Crippen molar-refractivity contribution in [1.29, 1.82) is 0 Å². The molecule has 1 saturated heterocycles. The van der Waals surface area contributed by atoms with Crippen LogP contribution >= 0.6 is 0 Å². The molecule has 7 heteroatoms. The number of aromatic nitrogens is 2. The molecule has 4 heterocycles. The van der Waals surface area contributed by atoms with Crippen LogP contribution in [0.2, 0.25) is 0 Å². The van der Waals surface area contributed by atoms with Crippen LogP contribution in [0.4, 0.5) is 0 Å². The van der Waals surface area contributed by atoms with E-state index in [4.69, 9.17) is 13.7 Å². The van der Waals surface area contributed by atoms with Gasteiger partial charge in [-0.1, -0.05) is 11.2 Å². The fourth-order valence-electron chi connectivity index (χ4n) is 2.34. The van der Waals surface area contributed by atoms with E-state index in [2.05, 4.69) is 10.1 Å². The summed E-state index contributed by atoms with van der Waals surface area (Å²) in [5, 5.41) is 3.80. The standard InChI is InChI=1S/C16H13N3O4/c20-16(12-8-14(23-18-12)13-4-3-7-21-13)19-9-11(10-19)22-15-5-1-2-6-17-15/h1-8,11H,9-10H2. The van der Waals surface area contributed by atoms with Crippen molar-refractivity contribution in [3.63, 3.8) is 0 Å². The van der Waals surface area contributed by atoms with Crippen LogP contribution in [0.15, 0.2) is 57.8 Å². The number of likely N-dealkylation sites (tertiary alicyclic amines) is 1. The highest BCUT2D eigenvalue weighted by atomic mass is 16.5. The van der Waals surface area contributed by atoms with E-state index in [0.717, 1.165) is 0 Å². The summed E-state index contributed by atoms with van der Waals surface area (Å²) >= 11 is 0. The number of rotatable bonds is 4. The van der Waals surface area contributed by atoms with Gasteiger partial charge in [0.05, 0.1) is 19.4 Å². The molecule has 4 rings (SSSR count). The molecule has 1 fully saturated rings. The van der Waals surface area contributed by atoms with Gasteiger partial charge in [0, 0.05) is 18.3 Å². The molecule has 23 heavy (non-hydrogen) atoms. The first kappa shape index (κ1) is 13.6. The minimum atomic E-state index is -0.188. The Morgan fingerprint density at radius 1 is 1.22 bits per heavy atom. The highest BCUT2D eigenvalue weighted by Crippen LogP contribution is 2.23. The van der Waals surface area contributed by atoms with Crippen LogP contribution in [0.25, 0.3) is 11.5 Å². The summed E-state index contributed by atoms with van der Waals surface area (Å²) in [6.07, 6.45) is 3.15. The number of carbonyl (C=O) groups excluding carboxylic acids is 1. The number of ether oxygens (including phenoxy) is 1. The zero-order valence-electron chi connectivity index (χ0n) is 12.1. The van der Waals surface area contributed by atoms with Gasteiger partial charge in [0.15, 0.2) is 11.5 Å². The number of furan rings is 1. The molecule has 1 amide bonds. The van der Waals surface area contributed by atoms with Crippen molar-refractivity contribution in [2.75, 3.05) is 13.1 Å². The maximum Gasteiger partial charge on any atom is 0.276 e. The maximum atomic E-state index is 12.3. The third-order valence-electron chi connectivity index (χ3n) is 3.55. The summed E-state index contributed by atoms with van der Waals surface area (Å²) < 4.78 is 16.0. The van der Waals surface area contributed by atoms with Crippen molar-refractivity contribution in [1.82, 2.24) is 15.0 Å². The smallest absolute Gasteiger partial charge is 0.276 e. The highest BCUT2D eigenvalue weighted by molar-refractivity contribution is 5.93. The van der Waals surface area contributed by atoms with Gasteiger partial charge in [-0.25, -0.2) is 4.98 Å². The van der Waals surface area contributed by atoms with Crippen molar-refractivity contribution >= 4 is 5.91 Å². The summed E-state index contributed by atoms with van der Waals surface area (Å²) in [5.41, 5.74) is 0.257. The normalized spacial score (nSPS) is 14.5. The molecule has 0 N–H and O–H groups in total. The van der Waals surface area contributed by atoms with E-state index >= 15 is 0 Å². The van der Waals surface area contributed by atoms with Gasteiger partial charge in [-0.2, -0.15) is 0 Å². The summed E-state index contributed by atoms with van der Waals surface area (Å²) in [6, 6.07) is 10.5. The van der Waals surface area contributed by atoms with E-state index in [1.54, 1.807) is 35.4 Å². The Bertz CT molecular complexity index is 792. The number of amides is 1. The molecular weight excluding hydrogens is 298 g/mol. The molecule has 0 unspecified atom stereocenters. The van der Waals surface area contributed by atoms with E-state index < -0.39 is 0 Å². The van der Waals surface area contributed by atoms with E-state index in [1.165, 1.54) is 6.26 Å². The minimum absolute atomic E-state index is 0.0507. The van der Waals surface area contributed by atoms with Gasteiger partial charge in [0.2, 0.25) is 11.6 Å². The van der Waals surface area contributed by atoms with Gasteiger partial charge in [0.1, 0.15) is 6.10 Å². The van der Waals surface area contributed by atoms with Crippen molar-refractivity contribution < 1.29 is 18.5 Å². The Labute approximate surface area is 131 Å². The number of carbonyl (C=O) groups is 1. The molecule has 7 nitrogen and oxygen atoms in total. The van der Waals surface area contributed by atoms with Crippen LogP contribution < -0.4 is 4.74 Å². The first-order valence-corrected chi connectivity index (χ1v) is 7.17. The first-order valence-electron chi connectivity index (χ1n) is 7.17. The third-order valence-corrected chi connectivity index (χ3v) is 3.55. The zero-order chi connectivity index (χ0) is 15.6. The number of hydrogen-bond donors (Lipinski definition) is 0. The Balaban J connectivity index is 1.36. The van der Waals surface area contributed by atoms with E-state index in [-0.39, 0.29) is 17.7 Å².